The van der Waals surface area contributed by atoms with Crippen LogP contribution in [0.25, 0.3) is 10.8 Å². The standard InChI is InChI=1S/C22H26O3/c1-13(23)19-7-8-20-17-12-21(25-4)18-11-14(24-3)5-6-15(18)16(17)9-10-22(19,20)2/h5-6,11-12,19-20H,7-10H2,1-4H3/t19-,20+,22-/m1/s1. The summed E-state index contributed by atoms with van der Waals surface area (Å²) in [6, 6.07) is 8.48. The molecule has 0 aromatic heterocycles. The van der Waals surface area contributed by atoms with Crippen LogP contribution in [0, 0.1) is 11.3 Å². The highest BCUT2D eigenvalue weighted by molar-refractivity contribution is 5.94. The molecular formula is C22H26O3. The molecule has 0 aliphatic heterocycles. The number of methoxy groups -OCH3 is 2. The number of carbonyl (C=O) groups is 1. The van der Waals surface area contributed by atoms with Gasteiger partial charge in [0.1, 0.15) is 17.3 Å². The minimum atomic E-state index is 0.0873. The first-order valence-electron chi connectivity index (χ1n) is 9.17. The molecule has 0 bridgehead atoms. The number of fused-ring (bicyclic) bond motifs is 5. The molecule has 0 radical (unpaired) electrons. The lowest BCUT2D eigenvalue weighted by Crippen LogP contribution is -2.35. The fourth-order valence-electron chi connectivity index (χ4n) is 5.49. The van der Waals surface area contributed by atoms with E-state index in [1.807, 2.05) is 6.07 Å². The molecule has 4 rings (SSSR count). The van der Waals surface area contributed by atoms with Gasteiger partial charge >= 0.3 is 0 Å². The van der Waals surface area contributed by atoms with Crippen molar-refractivity contribution >= 4 is 16.6 Å². The maximum Gasteiger partial charge on any atom is 0.133 e. The molecule has 2 aliphatic carbocycles. The Bertz CT molecular complexity index is 854. The molecule has 1 fully saturated rings. The summed E-state index contributed by atoms with van der Waals surface area (Å²) in [4.78, 5) is 12.2. The van der Waals surface area contributed by atoms with E-state index in [1.54, 1.807) is 21.1 Å². The summed E-state index contributed by atoms with van der Waals surface area (Å²) >= 11 is 0. The number of ketones is 1. The third-order valence-electron chi connectivity index (χ3n) is 6.79. The number of Topliss-reactive ketones (excluding diaryl/α,β-unsaturated/α-hetero) is 1. The summed E-state index contributed by atoms with van der Waals surface area (Å²) in [5.41, 5.74) is 2.92. The molecule has 0 amide bonds. The van der Waals surface area contributed by atoms with Gasteiger partial charge in [0, 0.05) is 11.3 Å². The first kappa shape index (κ1) is 16.4. The zero-order valence-corrected chi connectivity index (χ0v) is 15.5. The molecule has 132 valence electrons. The van der Waals surface area contributed by atoms with E-state index >= 15 is 0 Å². The Labute approximate surface area is 149 Å². The normalized spacial score (nSPS) is 27.7. The molecule has 3 nitrogen and oxygen atoms in total. The van der Waals surface area contributed by atoms with Crippen molar-refractivity contribution in [3.8, 4) is 11.5 Å². The van der Waals surface area contributed by atoms with Gasteiger partial charge in [-0.25, -0.2) is 0 Å². The van der Waals surface area contributed by atoms with Gasteiger partial charge in [0.05, 0.1) is 14.2 Å². The Balaban J connectivity index is 1.92. The average Bonchev–Trinajstić information content (AvgIpc) is 2.97. The molecule has 0 saturated heterocycles. The lowest BCUT2D eigenvalue weighted by Gasteiger charge is -2.41. The van der Waals surface area contributed by atoms with Crippen LogP contribution in [0.3, 0.4) is 0 Å². The van der Waals surface area contributed by atoms with Gasteiger partial charge in [-0.2, -0.15) is 0 Å². The Morgan fingerprint density at radius 2 is 1.92 bits per heavy atom. The summed E-state index contributed by atoms with van der Waals surface area (Å²) in [6.45, 7) is 4.09. The third-order valence-corrected chi connectivity index (χ3v) is 6.79. The minimum Gasteiger partial charge on any atom is -0.497 e. The summed E-state index contributed by atoms with van der Waals surface area (Å²) in [5.74, 6) is 2.76. The van der Waals surface area contributed by atoms with Gasteiger partial charge < -0.3 is 9.47 Å². The zero-order valence-electron chi connectivity index (χ0n) is 15.5. The van der Waals surface area contributed by atoms with E-state index in [4.69, 9.17) is 9.47 Å². The van der Waals surface area contributed by atoms with Crippen LogP contribution in [-0.4, -0.2) is 20.0 Å². The van der Waals surface area contributed by atoms with Crippen LogP contribution in [-0.2, 0) is 11.2 Å². The number of hydrogen-bond acceptors (Lipinski definition) is 3. The van der Waals surface area contributed by atoms with Gasteiger partial charge in [0.25, 0.3) is 0 Å². The Kier molecular flexibility index (Phi) is 3.78. The lowest BCUT2D eigenvalue weighted by molar-refractivity contribution is -0.124. The molecule has 1 saturated carbocycles. The van der Waals surface area contributed by atoms with Crippen LogP contribution in [0.2, 0.25) is 0 Å². The molecule has 0 spiro atoms. The van der Waals surface area contributed by atoms with Crippen molar-refractivity contribution in [1.29, 1.82) is 0 Å². The Morgan fingerprint density at radius 3 is 2.60 bits per heavy atom. The molecule has 2 aromatic rings. The molecule has 3 heteroatoms. The van der Waals surface area contributed by atoms with E-state index in [9.17, 15) is 4.79 Å². The summed E-state index contributed by atoms with van der Waals surface area (Å²) < 4.78 is 11.1. The summed E-state index contributed by atoms with van der Waals surface area (Å²) in [5, 5.41) is 2.38. The highest BCUT2D eigenvalue weighted by atomic mass is 16.5. The number of benzene rings is 2. The monoisotopic (exact) mass is 338 g/mol. The number of ether oxygens (including phenoxy) is 2. The van der Waals surface area contributed by atoms with E-state index in [0.29, 0.717) is 11.7 Å². The Hall–Kier alpha value is -2.03. The smallest absolute Gasteiger partial charge is 0.133 e. The van der Waals surface area contributed by atoms with Gasteiger partial charge in [-0.15, -0.1) is 0 Å². The second-order valence-electron chi connectivity index (χ2n) is 7.86. The largest absolute Gasteiger partial charge is 0.497 e. The number of carbonyl (C=O) groups excluding carboxylic acids is 1. The minimum absolute atomic E-state index is 0.0873. The van der Waals surface area contributed by atoms with Crippen LogP contribution >= 0.6 is 0 Å². The van der Waals surface area contributed by atoms with Crippen molar-refractivity contribution in [1.82, 2.24) is 0 Å². The molecule has 0 unspecified atom stereocenters. The van der Waals surface area contributed by atoms with E-state index < -0.39 is 0 Å². The van der Waals surface area contributed by atoms with Crippen LogP contribution in [0.1, 0.15) is 50.2 Å². The van der Waals surface area contributed by atoms with Gasteiger partial charge in [-0.3, -0.25) is 4.79 Å². The predicted octanol–water partition coefficient (Wildman–Crippen LogP) is 4.89. The van der Waals surface area contributed by atoms with Crippen molar-refractivity contribution in [2.45, 2.75) is 45.4 Å². The SMILES string of the molecule is COc1ccc2c3c(cc(OC)c2c1)[C@@H]1CC[C@H](C(C)=O)[C@@]1(C)CC3. The quantitative estimate of drug-likeness (QED) is 0.799. The summed E-state index contributed by atoms with van der Waals surface area (Å²) in [6.07, 6.45) is 4.22. The van der Waals surface area contributed by atoms with Crippen molar-refractivity contribution in [3.63, 3.8) is 0 Å². The van der Waals surface area contributed by atoms with Gasteiger partial charge in [-0.1, -0.05) is 13.0 Å². The second-order valence-corrected chi connectivity index (χ2v) is 7.86. The topological polar surface area (TPSA) is 35.5 Å². The van der Waals surface area contributed by atoms with Gasteiger partial charge in [0.2, 0.25) is 0 Å². The number of aryl methyl sites for hydroxylation is 1. The van der Waals surface area contributed by atoms with E-state index in [-0.39, 0.29) is 11.3 Å². The predicted molar refractivity (Wildman–Crippen MR) is 99.6 cm³/mol. The fourth-order valence-corrected chi connectivity index (χ4v) is 5.49. The number of hydrogen-bond donors (Lipinski definition) is 0. The van der Waals surface area contributed by atoms with Crippen LogP contribution < -0.4 is 9.47 Å². The molecule has 3 atom stereocenters. The van der Waals surface area contributed by atoms with Crippen LogP contribution in [0.5, 0.6) is 11.5 Å². The first-order valence-corrected chi connectivity index (χ1v) is 9.17. The first-order chi connectivity index (χ1) is 12.0. The van der Waals surface area contributed by atoms with Crippen molar-refractivity contribution in [3.05, 3.63) is 35.4 Å². The third kappa shape index (κ3) is 2.28. The fraction of sp³-hybridized carbons (Fsp3) is 0.500. The van der Waals surface area contributed by atoms with Gasteiger partial charge in [0.15, 0.2) is 0 Å². The zero-order chi connectivity index (χ0) is 17.8. The number of rotatable bonds is 3. The highest BCUT2D eigenvalue weighted by Gasteiger charge is 2.51. The molecule has 2 aromatic carbocycles. The van der Waals surface area contributed by atoms with E-state index in [2.05, 4.69) is 25.1 Å². The molecule has 0 N–H and O–H groups in total. The Morgan fingerprint density at radius 1 is 1.12 bits per heavy atom. The van der Waals surface area contributed by atoms with Crippen LogP contribution in [0.4, 0.5) is 0 Å². The van der Waals surface area contributed by atoms with Crippen molar-refractivity contribution < 1.29 is 14.3 Å². The average molecular weight is 338 g/mol. The van der Waals surface area contributed by atoms with Crippen molar-refractivity contribution in [2.24, 2.45) is 11.3 Å². The highest BCUT2D eigenvalue weighted by Crippen LogP contribution is 2.60. The second kappa shape index (κ2) is 5.76. The summed E-state index contributed by atoms with van der Waals surface area (Å²) in [7, 11) is 3.42. The van der Waals surface area contributed by atoms with E-state index in [0.717, 1.165) is 42.6 Å². The van der Waals surface area contributed by atoms with Crippen molar-refractivity contribution in [2.75, 3.05) is 14.2 Å². The van der Waals surface area contributed by atoms with Crippen LogP contribution in [0.15, 0.2) is 24.3 Å². The molecular weight excluding hydrogens is 312 g/mol. The molecule has 0 heterocycles. The van der Waals surface area contributed by atoms with E-state index in [1.165, 1.54) is 16.5 Å². The molecule has 25 heavy (non-hydrogen) atoms. The lowest BCUT2D eigenvalue weighted by atomic mass is 9.62. The maximum absolute atomic E-state index is 12.2. The maximum atomic E-state index is 12.2. The molecule has 2 aliphatic rings. The van der Waals surface area contributed by atoms with Gasteiger partial charge in [-0.05, 0) is 78.7 Å².